The molecule has 140 valence electrons. The Morgan fingerprint density at radius 2 is 1.67 bits per heavy atom. The van der Waals surface area contributed by atoms with Crippen molar-refractivity contribution in [1.82, 2.24) is 14.8 Å². The van der Waals surface area contributed by atoms with Crippen molar-refractivity contribution >= 4 is 11.6 Å². The van der Waals surface area contributed by atoms with Crippen LogP contribution in [-0.2, 0) is 13.1 Å². The minimum atomic E-state index is 0.742. The molecule has 0 amide bonds. The third-order valence-electron chi connectivity index (χ3n) is 4.98. The van der Waals surface area contributed by atoms with Gasteiger partial charge >= 0.3 is 0 Å². The monoisotopic (exact) mass is 381 g/mol. The summed E-state index contributed by atoms with van der Waals surface area (Å²) in [4.78, 5) is 9.21. The highest BCUT2D eigenvalue weighted by molar-refractivity contribution is 6.30. The number of furan rings is 1. The van der Waals surface area contributed by atoms with Gasteiger partial charge in [-0.2, -0.15) is 0 Å². The van der Waals surface area contributed by atoms with Crippen molar-refractivity contribution in [3.05, 3.63) is 77.3 Å². The maximum absolute atomic E-state index is 6.07. The highest BCUT2D eigenvalue weighted by atomic mass is 35.5. The van der Waals surface area contributed by atoms with E-state index in [4.69, 9.17) is 16.0 Å². The van der Waals surface area contributed by atoms with Crippen molar-refractivity contribution in [3.8, 4) is 11.3 Å². The molecule has 1 aliphatic rings. The second-order valence-electron chi connectivity index (χ2n) is 7.04. The van der Waals surface area contributed by atoms with Gasteiger partial charge in [-0.25, -0.2) is 0 Å². The predicted octanol–water partition coefficient (Wildman–Crippen LogP) is 4.70. The van der Waals surface area contributed by atoms with Crippen LogP contribution in [-0.4, -0.2) is 41.0 Å². The van der Waals surface area contributed by atoms with E-state index in [1.807, 2.05) is 48.8 Å². The molecule has 2 aromatic heterocycles. The zero-order valence-corrected chi connectivity index (χ0v) is 16.1. The van der Waals surface area contributed by atoms with Crippen LogP contribution in [0.3, 0.4) is 0 Å². The minimum Gasteiger partial charge on any atom is -0.460 e. The summed E-state index contributed by atoms with van der Waals surface area (Å²) in [7, 11) is 0. The lowest BCUT2D eigenvalue weighted by Gasteiger charge is -2.21. The largest absolute Gasteiger partial charge is 0.460 e. The number of aromatic nitrogens is 1. The van der Waals surface area contributed by atoms with E-state index < -0.39 is 0 Å². The Balaban J connectivity index is 1.33. The third kappa shape index (κ3) is 4.98. The molecule has 5 heteroatoms. The van der Waals surface area contributed by atoms with Gasteiger partial charge in [0.25, 0.3) is 0 Å². The summed E-state index contributed by atoms with van der Waals surface area (Å²) in [6.45, 7) is 6.18. The zero-order chi connectivity index (χ0) is 18.5. The molecule has 1 fully saturated rings. The Kier molecular flexibility index (Phi) is 5.87. The average Bonchev–Trinajstić information content (AvgIpc) is 3.04. The molecule has 3 aromatic rings. The first-order valence-corrected chi connectivity index (χ1v) is 9.82. The fourth-order valence-corrected chi connectivity index (χ4v) is 3.67. The van der Waals surface area contributed by atoms with Crippen LogP contribution >= 0.6 is 11.6 Å². The number of benzene rings is 1. The molecule has 0 atom stereocenters. The van der Waals surface area contributed by atoms with Gasteiger partial charge < -0.3 is 4.42 Å². The molecule has 0 saturated carbocycles. The molecular formula is C22H24ClN3O. The zero-order valence-electron chi connectivity index (χ0n) is 15.4. The summed E-state index contributed by atoms with van der Waals surface area (Å²) in [5, 5.41) is 0.742. The van der Waals surface area contributed by atoms with Gasteiger partial charge in [0.05, 0.1) is 6.54 Å². The maximum atomic E-state index is 6.07. The van der Waals surface area contributed by atoms with Crippen LogP contribution in [0.5, 0.6) is 0 Å². The Hall–Kier alpha value is -2.14. The summed E-state index contributed by atoms with van der Waals surface area (Å²) >= 11 is 5.97. The molecule has 0 spiro atoms. The van der Waals surface area contributed by atoms with Crippen LogP contribution in [0.15, 0.2) is 65.3 Å². The summed E-state index contributed by atoms with van der Waals surface area (Å²) in [5.41, 5.74) is 2.34. The first-order chi connectivity index (χ1) is 13.3. The summed E-state index contributed by atoms with van der Waals surface area (Å²) < 4.78 is 6.07. The molecule has 1 aromatic carbocycles. The summed E-state index contributed by atoms with van der Waals surface area (Å²) in [6.07, 6.45) is 4.96. The molecule has 27 heavy (non-hydrogen) atoms. The highest BCUT2D eigenvalue weighted by Gasteiger charge is 2.16. The average molecular weight is 382 g/mol. The van der Waals surface area contributed by atoms with Crippen molar-refractivity contribution in [1.29, 1.82) is 0 Å². The quantitative estimate of drug-likeness (QED) is 0.641. The second-order valence-corrected chi connectivity index (χ2v) is 7.48. The second kappa shape index (κ2) is 8.70. The minimum absolute atomic E-state index is 0.742. The van der Waals surface area contributed by atoms with Crippen molar-refractivity contribution in [2.75, 3.05) is 26.2 Å². The van der Waals surface area contributed by atoms with Crippen LogP contribution < -0.4 is 0 Å². The lowest BCUT2D eigenvalue weighted by atomic mass is 10.2. The van der Waals surface area contributed by atoms with Crippen LogP contribution in [0.2, 0.25) is 5.02 Å². The molecule has 0 bridgehead atoms. The molecule has 1 saturated heterocycles. The Morgan fingerprint density at radius 3 is 2.41 bits per heavy atom. The Labute approximate surface area is 165 Å². The number of pyridine rings is 1. The molecule has 0 radical (unpaired) electrons. The number of hydrogen-bond donors (Lipinski definition) is 0. The lowest BCUT2D eigenvalue weighted by molar-refractivity contribution is 0.235. The van der Waals surface area contributed by atoms with Crippen LogP contribution in [0, 0.1) is 0 Å². The van der Waals surface area contributed by atoms with E-state index in [1.165, 1.54) is 12.0 Å². The molecule has 4 nitrogen and oxygen atoms in total. The van der Waals surface area contributed by atoms with Gasteiger partial charge in [-0.3, -0.25) is 14.8 Å². The molecule has 3 heterocycles. The first kappa shape index (κ1) is 18.2. The standard InChI is InChI=1S/C22H24ClN3O/c23-20-6-4-19(5-7-20)22-9-8-21(27-22)17-26-12-2-11-25(13-14-26)16-18-3-1-10-24-15-18/h1,3-10,15H,2,11-14,16-17H2. The van der Waals surface area contributed by atoms with E-state index in [-0.39, 0.29) is 0 Å². The number of halogens is 1. The number of hydrogen-bond acceptors (Lipinski definition) is 4. The van der Waals surface area contributed by atoms with Gasteiger partial charge in [0.2, 0.25) is 0 Å². The SMILES string of the molecule is Clc1ccc(-c2ccc(CN3CCCN(Cc4cccnc4)CC3)o2)cc1. The van der Waals surface area contributed by atoms with Gasteiger partial charge in [0, 0.05) is 42.6 Å². The fraction of sp³-hybridized carbons (Fsp3) is 0.318. The van der Waals surface area contributed by atoms with E-state index in [1.54, 1.807) is 0 Å². The van der Waals surface area contributed by atoms with Gasteiger partial charge in [-0.1, -0.05) is 17.7 Å². The van der Waals surface area contributed by atoms with Crippen LogP contribution in [0.25, 0.3) is 11.3 Å². The van der Waals surface area contributed by atoms with Crippen molar-refractivity contribution < 1.29 is 4.42 Å². The van der Waals surface area contributed by atoms with E-state index >= 15 is 0 Å². The Bertz CT molecular complexity index is 848. The fourth-order valence-electron chi connectivity index (χ4n) is 3.54. The van der Waals surface area contributed by atoms with E-state index in [0.29, 0.717) is 0 Å². The molecule has 0 unspecified atom stereocenters. The van der Waals surface area contributed by atoms with Gasteiger partial charge in [0.15, 0.2) is 0 Å². The first-order valence-electron chi connectivity index (χ1n) is 9.44. The number of rotatable bonds is 5. The third-order valence-corrected chi connectivity index (χ3v) is 5.23. The predicted molar refractivity (Wildman–Crippen MR) is 109 cm³/mol. The number of nitrogens with zero attached hydrogens (tertiary/aromatic N) is 3. The Morgan fingerprint density at radius 1 is 0.889 bits per heavy atom. The molecule has 1 aliphatic heterocycles. The van der Waals surface area contributed by atoms with Crippen LogP contribution in [0.1, 0.15) is 17.7 Å². The smallest absolute Gasteiger partial charge is 0.134 e. The molecule has 0 N–H and O–H groups in total. The molecule has 0 aliphatic carbocycles. The molecular weight excluding hydrogens is 358 g/mol. The lowest BCUT2D eigenvalue weighted by Crippen LogP contribution is -2.30. The summed E-state index contributed by atoms with van der Waals surface area (Å²) in [5.74, 6) is 1.91. The van der Waals surface area contributed by atoms with Crippen molar-refractivity contribution in [3.63, 3.8) is 0 Å². The van der Waals surface area contributed by atoms with Gasteiger partial charge in [-0.15, -0.1) is 0 Å². The van der Waals surface area contributed by atoms with E-state index in [0.717, 1.165) is 61.4 Å². The van der Waals surface area contributed by atoms with E-state index in [2.05, 4.69) is 26.9 Å². The van der Waals surface area contributed by atoms with Crippen LogP contribution in [0.4, 0.5) is 0 Å². The van der Waals surface area contributed by atoms with Crippen molar-refractivity contribution in [2.24, 2.45) is 0 Å². The molecule has 4 rings (SSSR count). The maximum Gasteiger partial charge on any atom is 0.134 e. The van der Waals surface area contributed by atoms with Crippen molar-refractivity contribution in [2.45, 2.75) is 19.5 Å². The van der Waals surface area contributed by atoms with E-state index in [9.17, 15) is 0 Å². The summed E-state index contributed by atoms with van der Waals surface area (Å²) in [6, 6.07) is 16.1. The van der Waals surface area contributed by atoms with Gasteiger partial charge in [0.1, 0.15) is 11.5 Å². The van der Waals surface area contributed by atoms with Gasteiger partial charge in [-0.05, 0) is 67.5 Å². The topological polar surface area (TPSA) is 32.5 Å². The highest BCUT2D eigenvalue weighted by Crippen LogP contribution is 2.24. The normalized spacial score (nSPS) is 16.3.